The van der Waals surface area contributed by atoms with Gasteiger partial charge in [-0.05, 0) is 24.3 Å². The average Bonchev–Trinajstić information content (AvgIpc) is 2.91. The molecule has 0 spiro atoms. The Morgan fingerprint density at radius 3 is 2.56 bits per heavy atom. The zero-order valence-electron chi connectivity index (χ0n) is 9.69. The lowest BCUT2D eigenvalue weighted by atomic mass is 9.85. The first kappa shape index (κ1) is 11.0. The van der Waals surface area contributed by atoms with Crippen LogP contribution in [0.5, 0.6) is 0 Å². The van der Waals surface area contributed by atoms with Crippen LogP contribution in [0.2, 0.25) is 0 Å². The number of anilines is 1. The maximum Gasteiger partial charge on any atom is 0.235 e. The van der Waals surface area contributed by atoms with E-state index in [1.54, 1.807) is 17.2 Å². The molecule has 0 unspecified atom stereocenters. The lowest BCUT2D eigenvalue weighted by Gasteiger charge is -2.45. The SMILES string of the molecule is O=C1[C@H](CO)[C@@H](c2ccco2)N1c1ccccc1. The molecule has 1 N–H and O–H groups in total. The molecule has 0 bridgehead atoms. The minimum atomic E-state index is -0.406. The van der Waals surface area contributed by atoms with Gasteiger partial charge in [0.15, 0.2) is 0 Å². The van der Waals surface area contributed by atoms with Crippen molar-refractivity contribution in [3.8, 4) is 0 Å². The van der Waals surface area contributed by atoms with Gasteiger partial charge in [0.1, 0.15) is 11.8 Å². The summed E-state index contributed by atoms with van der Waals surface area (Å²) >= 11 is 0. The third-order valence-electron chi connectivity index (χ3n) is 3.28. The molecule has 0 saturated carbocycles. The van der Waals surface area contributed by atoms with E-state index in [1.807, 2.05) is 36.4 Å². The third-order valence-corrected chi connectivity index (χ3v) is 3.28. The largest absolute Gasteiger partial charge is 0.467 e. The van der Waals surface area contributed by atoms with E-state index in [4.69, 9.17) is 4.42 Å². The number of β-lactam (4-membered cyclic amide) rings is 1. The number of hydrogen-bond acceptors (Lipinski definition) is 3. The number of carbonyl (C=O) groups excluding carboxylic acids is 1. The number of para-hydroxylation sites is 1. The molecule has 4 nitrogen and oxygen atoms in total. The smallest absolute Gasteiger partial charge is 0.235 e. The van der Waals surface area contributed by atoms with Gasteiger partial charge in [-0.2, -0.15) is 0 Å². The molecule has 2 aromatic rings. The standard InChI is InChI=1S/C14H13NO3/c16-9-11-13(12-7-4-8-18-12)15(14(11)17)10-5-2-1-3-6-10/h1-8,11,13,16H,9H2/t11-,13+/m1/s1. The molecule has 2 atom stereocenters. The van der Waals surface area contributed by atoms with Gasteiger partial charge in [0.2, 0.25) is 5.91 Å². The molecule has 1 amide bonds. The third kappa shape index (κ3) is 1.54. The van der Waals surface area contributed by atoms with Gasteiger partial charge >= 0.3 is 0 Å². The summed E-state index contributed by atoms with van der Waals surface area (Å²) in [6.45, 7) is -0.159. The topological polar surface area (TPSA) is 53.7 Å². The predicted octanol–water partition coefficient (Wildman–Crippen LogP) is 1.98. The highest BCUT2D eigenvalue weighted by Gasteiger charge is 2.49. The Morgan fingerprint density at radius 1 is 1.17 bits per heavy atom. The monoisotopic (exact) mass is 243 g/mol. The minimum Gasteiger partial charge on any atom is -0.467 e. The zero-order valence-corrected chi connectivity index (χ0v) is 9.69. The lowest BCUT2D eigenvalue weighted by Crippen LogP contribution is -2.56. The van der Waals surface area contributed by atoms with Crippen LogP contribution in [-0.2, 0) is 4.79 Å². The fourth-order valence-corrected chi connectivity index (χ4v) is 2.39. The van der Waals surface area contributed by atoms with E-state index in [-0.39, 0.29) is 18.6 Å². The van der Waals surface area contributed by atoms with Crippen molar-refractivity contribution in [3.63, 3.8) is 0 Å². The van der Waals surface area contributed by atoms with Crippen LogP contribution >= 0.6 is 0 Å². The highest BCUT2D eigenvalue weighted by atomic mass is 16.3. The molecule has 92 valence electrons. The van der Waals surface area contributed by atoms with Crippen LogP contribution in [-0.4, -0.2) is 17.6 Å². The summed E-state index contributed by atoms with van der Waals surface area (Å²) in [6, 6.07) is 12.8. The molecule has 1 aliphatic heterocycles. The summed E-state index contributed by atoms with van der Waals surface area (Å²) in [4.78, 5) is 13.7. The van der Waals surface area contributed by atoms with E-state index in [2.05, 4.69) is 0 Å². The summed E-state index contributed by atoms with van der Waals surface area (Å²) in [5.41, 5.74) is 0.827. The Hall–Kier alpha value is -2.07. The van der Waals surface area contributed by atoms with Crippen molar-refractivity contribution in [2.24, 2.45) is 5.92 Å². The first-order chi connectivity index (χ1) is 8.83. The number of aliphatic hydroxyl groups is 1. The molecule has 1 fully saturated rings. The molecule has 1 saturated heterocycles. The molecule has 2 heterocycles. The first-order valence-corrected chi connectivity index (χ1v) is 5.85. The van der Waals surface area contributed by atoms with E-state index in [1.165, 1.54) is 0 Å². The Kier molecular flexibility index (Phi) is 2.64. The second kappa shape index (κ2) is 4.31. The van der Waals surface area contributed by atoms with E-state index in [0.29, 0.717) is 5.76 Å². The average molecular weight is 243 g/mol. The van der Waals surface area contributed by atoms with Crippen molar-refractivity contribution < 1.29 is 14.3 Å². The molecule has 1 aromatic carbocycles. The van der Waals surface area contributed by atoms with E-state index < -0.39 is 5.92 Å². The summed E-state index contributed by atoms with van der Waals surface area (Å²) in [5, 5.41) is 9.30. The van der Waals surface area contributed by atoms with Crippen molar-refractivity contribution in [1.29, 1.82) is 0 Å². The number of hydrogen-bond donors (Lipinski definition) is 1. The van der Waals surface area contributed by atoms with Crippen molar-refractivity contribution >= 4 is 11.6 Å². The highest BCUT2D eigenvalue weighted by Crippen LogP contribution is 2.43. The van der Waals surface area contributed by atoms with Crippen molar-refractivity contribution in [1.82, 2.24) is 0 Å². The van der Waals surface area contributed by atoms with Crippen LogP contribution in [0.4, 0.5) is 5.69 Å². The Balaban J connectivity index is 1.96. The second-order valence-electron chi connectivity index (χ2n) is 4.29. The number of amides is 1. The molecular weight excluding hydrogens is 230 g/mol. The lowest BCUT2D eigenvalue weighted by molar-refractivity contribution is -0.132. The molecule has 1 aliphatic rings. The highest BCUT2D eigenvalue weighted by molar-refractivity contribution is 6.03. The van der Waals surface area contributed by atoms with Crippen LogP contribution in [0.15, 0.2) is 53.1 Å². The predicted molar refractivity (Wildman–Crippen MR) is 66.0 cm³/mol. The van der Waals surface area contributed by atoms with Gasteiger partial charge in [0, 0.05) is 5.69 Å². The molecular formula is C14H13NO3. The van der Waals surface area contributed by atoms with Crippen LogP contribution < -0.4 is 4.90 Å². The fraction of sp³-hybridized carbons (Fsp3) is 0.214. The molecule has 3 rings (SSSR count). The molecule has 0 aliphatic carbocycles. The minimum absolute atomic E-state index is 0.0647. The summed E-state index contributed by atoms with van der Waals surface area (Å²) in [6.07, 6.45) is 1.58. The summed E-state index contributed by atoms with van der Waals surface area (Å²) in [5.74, 6) is 0.235. The van der Waals surface area contributed by atoms with Gasteiger partial charge in [-0.3, -0.25) is 4.79 Å². The number of rotatable bonds is 3. The van der Waals surface area contributed by atoms with Gasteiger partial charge < -0.3 is 14.4 Å². The van der Waals surface area contributed by atoms with Crippen molar-refractivity contribution in [2.75, 3.05) is 11.5 Å². The Labute approximate surface area is 104 Å². The van der Waals surface area contributed by atoms with Crippen LogP contribution in [0.3, 0.4) is 0 Å². The molecule has 1 aromatic heterocycles. The summed E-state index contributed by atoms with van der Waals surface area (Å²) < 4.78 is 5.36. The van der Waals surface area contributed by atoms with E-state index in [0.717, 1.165) is 5.69 Å². The molecule has 0 radical (unpaired) electrons. The van der Waals surface area contributed by atoms with Gasteiger partial charge in [0.05, 0.1) is 18.8 Å². The maximum atomic E-state index is 12.0. The number of furan rings is 1. The van der Waals surface area contributed by atoms with E-state index >= 15 is 0 Å². The normalized spacial score (nSPS) is 22.9. The van der Waals surface area contributed by atoms with Crippen LogP contribution in [0.1, 0.15) is 11.8 Å². The van der Waals surface area contributed by atoms with Gasteiger partial charge in [-0.25, -0.2) is 0 Å². The molecule has 18 heavy (non-hydrogen) atoms. The van der Waals surface area contributed by atoms with Gasteiger partial charge in [-0.15, -0.1) is 0 Å². The Morgan fingerprint density at radius 2 is 1.94 bits per heavy atom. The maximum absolute atomic E-state index is 12.0. The van der Waals surface area contributed by atoms with Gasteiger partial charge in [0.25, 0.3) is 0 Å². The van der Waals surface area contributed by atoms with Crippen LogP contribution in [0, 0.1) is 5.92 Å². The molecule has 4 heteroatoms. The quantitative estimate of drug-likeness (QED) is 0.838. The summed E-state index contributed by atoms with van der Waals surface area (Å²) in [7, 11) is 0. The van der Waals surface area contributed by atoms with Crippen molar-refractivity contribution in [2.45, 2.75) is 6.04 Å². The number of benzene rings is 1. The van der Waals surface area contributed by atoms with Crippen LogP contribution in [0.25, 0.3) is 0 Å². The fourth-order valence-electron chi connectivity index (χ4n) is 2.39. The number of aliphatic hydroxyl groups excluding tert-OH is 1. The number of carbonyl (C=O) groups is 1. The Bertz CT molecular complexity index is 535. The zero-order chi connectivity index (χ0) is 12.5. The van der Waals surface area contributed by atoms with Crippen molar-refractivity contribution in [3.05, 3.63) is 54.5 Å². The van der Waals surface area contributed by atoms with Gasteiger partial charge in [-0.1, -0.05) is 18.2 Å². The first-order valence-electron chi connectivity index (χ1n) is 5.85. The second-order valence-corrected chi connectivity index (χ2v) is 4.29. The number of nitrogens with zero attached hydrogens (tertiary/aromatic N) is 1. The van der Waals surface area contributed by atoms with E-state index in [9.17, 15) is 9.90 Å².